The zero-order chi connectivity index (χ0) is 16.7. The molecule has 0 saturated heterocycles. The number of amides is 1. The molecular formula is C18H25NO4. The smallest absolute Gasteiger partial charge is 0.307 e. The van der Waals surface area contributed by atoms with Crippen LogP contribution in [0.4, 0.5) is 0 Å². The summed E-state index contributed by atoms with van der Waals surface area (Å²) in [7, 11) is 0. The van der Waals surface area contributed by atoms with Crippen LogP contribution in [0.1, 0.15) is 38.7 Å². The molecule has 0 atom stereocenters. The lowest BCUT2D eigenvalue weighted by Gasteiger charge is -2.22. The average molecular weight is 319 g/mol. The highest BCUT2D eigenvalue weighted by Gasteiger charge is 2.32. The number of aryl methyl sites for hydroxylation is 1. The predicted octanol–water partition coefficient (Wildman–Crippen LogP) is 2.57. The van der Waals surface area contributed by atoms with Gasteiger partial charge in [-0.15, -0.1) is 0 Å². The first-order valence-electron chi connectivity index (χ1n) is 8.30. The van der Waals surface area contributed by atoms with E-state index in [0.29, 0.717) is 18.9 Å². The Morgan fingerprint density at radius 2 is 2.04 bits per heavy atom. The highest BCUT2D eigenvalue weighted by molar-refractivity contribution is 5.79. The molecule has 1 saturated carbocycles. The lowest BCUT2D eigenvalue weighted by atomic mass is 10.2. The summed E-state index contributed by atoms with van der Waals surface area (Å²) in [6.07, 6.45) is 3.17. The van der Waals surface area contributed by atoms with Crippen molar-refractivity contribution in [2.45, 2.75) is 45.6 Å². The number of benzene rings is 1. The van der Waals surface area contributed by atoms with E-state index in [2.05, 4.69) is 6.92 Å². The Bertz CT molecular complexity index is 540. The fraction of sp³-hybridized carbons (Fsp3) is 0.556. The van der Waals surface area contributed by atoms with Crippen LogP contribution in [0.15, 0.2) is 24.3 Å². The lowest BCUT2D eigenvalue weighted by molar-refractivity contribution is -0.144. The second-order valence-electron chi connectivity index (χ2n) is 5.66. The van der Waals surface area contributed by atoms with Crippen LogP contribution in [0.25, 0.3) is 0 Å². The second kappa shape index (κ2) is 8.56. The summed E-state index contributed by atoms with van der Waals surface area (Å²) in [4.78, 5) is 25.6. The normalized spacial score (nSPS) is 13.5. The number of nitrogens with zero attached hydrogens (tertiary/aromatic N) is 1. The summed E-state index contributed by atoms with van der Waals surface area (Å²) in [5.41, 5.74) is 1.18. The number of carbonyl (C=O) groups excluding carboxylic acids is 2. The van der Waals surface area contributed by atoms with E-state index in [4.69, 9.17) is 9.47 Å². The third-order valence-electron chi connectivity index (χ3n) is 3.84. The van der Waals surface area contributed by atoms with E-state index in [1.165, 1.54) is 5.56 Å². The highest BCUT2D eigenvalue weighted by atomic mass is 16.5. The van der Waals surface area contributed by atoms with Gasteiger partial charge in [0.25, 0.3) is 5.91 Å². The van der Waals surface area contributed by atoms with Crippen LogP contribution in [0, 0.1) is 0 Å². The van der Waals surface area contributed by atoms with Gasteiger partial charge in [0.1, 0.15) is 5.75 Å². The Morgan fingerprint density at radius 3 is 2.70 bits per heavy atom. The molecule has 0 aromatic heterocycles. The largest absolute Gasteiger partial charge is 0.484 e. The quantitative estimate of drug-likeness (QED) is 0.657. The van der Waals surface area contributed by atoms with E-state index < -0.39 is 0 Å². The molecule has 0 radical (unpaired) electrons. The van der Waals surface area contributed by atoms with Gasteiger partial charge in [0.15, 0.2) is 6.61 Å². The number of ether oxygens (including phenoxy) is 2. The Balaban J connectivity index is 1.84. The SMILES string of the molecule is CCOC(=O)CCN(C(=O)COc1cccc(CC)c1)C1CC1. The molecule has 1 aliphatic carbocycles. The molecule has 1 fully saturated rings. The number of hydrogen-bond acceptors (Lipinski definition) is 4. The van der Waals surface area contributed by atoms with Crippen molar-refractivity contribution in [2.75, 3.05) is 19.8 Å². The molecule has 0 unspecified atom stereocenters. The highest BCUT2D eigenvalue weighted by Crippen LogP contribution is 2.27. The summed E-state index contributed by atoms with van der Waals surface area (Å²) in [5.74, 6) is 0.375. The number of rotatable bonds is 9. The number of esters is 1. The zero-order valence-electron chi connectivity index (χ0n) is 13.9. The Kier molecular flexibility index (Phi) is 6.44. The Labute approximate surface area is 137 Å². The van der Waals surface area contributed by atoms with Gasteiger partial charge in [0, 0.05) is 12.6 Å². The molecule has 126 valence electrons. The minimum Gasteiger partial charge on any atom is -0.484 e. The molecule has 1 aromatic rings. The molecule has 0 aliphatic heterocycles. The van der Waals surface area contributed by atoms with Gasteiger partial charge in [-0.1, -0.05) is 19.1 Å². The van der Waals surface area contributed by atoms with Crippen LogP contribution in [-0.4, -0.2) is 42.6 Å². The Morgan fingerprint density at radius 1 is 1.26 bits per heavy atom. The molecule has 1 aliphatic rings. The third-order valence-corrected chi connectivity index (χ3v) is 3.84. The van der Waals surface area contributed by atoms with Gasteiger partial charge in [-0.25, -0.2) is 0 Å². The maximum Gasteiger partial charge on any atom is 0.307 e. The van der Waals surface area contributed by atoms with Gasteiger partial charge >= 0.3 is 5.97 Å². The molecule has 0 spiro atoms. The van der Waals surface area contributed by atoms with Gasteiger partial charge in [-0.05, 0) is 43.9 Å². The van der Waals surface area contributed by atoms with Crippen LogP contribution in [0.5, 0.6) is 5.75 Å². The summed E-state index contributed by atoms with van der Waals surface area (Å²) < 4.78 is 10.5. The standard InChI is InChI=1S/C18H25NO4/c1-3-14-6-5-7-16(12-14)23-13-17(20)19(15-8-9-15)11-10-18(21)22-4-2/h5-7,12,15H,3-4,8-11,13H2,1-2H3. The Hall–Kier alpha value is -2.04. The maximum atomic E-state index is 12.4. The minimum absolute atomic E-state index is 0.00644. The molecule has 1 amide bonds. The lowest BCUT2D eigenvalue weighted by Crippen LogP contribution is -2.38. The van der Waals surface area contributed by atoms with Gasteiger partial charge in [0.05, 0.1) is 13.0 Å². The second-order valence-corrected chi connectivity index (χ2v) is 5.66. The molecule has 5 heteroatoms. The van der Waals surface area contributed by atoms with Crippen molar-refractivity contribution < 1.29 is 19.1 Å². The van der Waals surface area contributed by atoms with E-state index in [9.17, 15) is 9.59 Å². The topological polar surface area (TPSA) is 55.8 Å². The first-order valence-corrected chi connectivity index (χ1v) is 8.30. The average Bonchev–Trinajstić information content (AvgIpc) is 3.38. The van der Waals surface area contributed by atoms with Crippen molar-refractivity contribution in [3.8, 4) is 5.75 Å². The first-order chi connectivity index (χ1) is 11.1. The van der Waals surface area contributed by atoms with E-state index in [1.54, 1.807) is 11.8 Å². The van der Waals surface area contributed by atoms with Crippen molar-refractivity contribution in [2.24, 2.45) is 0 Å². The number of carbonyl (C=O) groups is 2. The minimum atomic E-state index is -0.262. The molecule has 5 nitrogen and oxygen atoms in total. The van der Waals surface area contributed by atoms with E-state index in [1.807, 2.05) is 24.3 Å². The maximum absolute atomic E-state index is 12.4. The van der Waals surface area contributed by atoms with Gasteiger partial charge in [-0.2, -0.15) is 0 Å². The van der Waals surface area contributed by atoms with Gasteiger partial charge in [0.2, 0.25) is 0 Å². The number of hydrogen-bond donors (Lipinski definition) is 0. The fourth-order valence-corrected chi connectivity index (χ4v) is 2.43. The summed E-state index contributed by atoms with van der Waals surface area (Å²) in [5, 5.41) is 0. The van der Waals surface area contributed by atoms with Crippen molar-refractivity contribution >= 4 is 11.9 Å². The molecule has 23 heavy (non-hydrogen) atoms. The van der Waals surface area contributed by atoms with Crippen LogP contribution >= 0.6 is 0 Å². The fourth-order valence-electron chi connectivity index (χ4n) is 2.43. The molecule has 0 heterocycles. The third kappa shape index (κ3) is 5.58. The van der Waals surface area contributed by atoms with Crippen LogP contribution in [-0.2, 0) is 20.7 Å². The first kappa shape index (κ1) is 17.3. The molecule has 2 rings (SSSR count). The van der Waals surface area contributed by atoms with Gasteiger partial charge < -0.3 is 14.4 Å². The van der Waals surface area contributed by atoms with Crippen molar-refractivity contribution in [3.63, 3.8) is 0 Å². The van der Waals surface area contributed by atoms with E-state index >= 15 is 0 Å². The monoisotopic (exact) mass is 319 g/mol. The van der Waals surface area contributed by atoms with Crippen LogP contribution in [0.3, 0.4) is 0 Å². The zero-order valence-corrected chi connectivity index (χ0v) is 13.9. The molecular weight excluding hydrogens is 294 g/mol. The summed E-state index contributed by atoms with van der Waals surface area (Å²) >= 11 is 0. The van der Waals surface area contributed by atoms with Crippen LogP contribution in [0.2, 0.25) is 0 Å². The summed E-state index contributed by atoms with van der Waals surface area (Å²) in [6, 6.07) is 8.02. The van der Waals surface area contributed by atoms with E-state index in [0.717, 1.165) is 19.3 Å². The van der Waals surface area contributed by atoms with Crippen molar-refractivity contribution in [1.29, 1.82) is 0 Å². The van der Waals surface area contributed by atoms with E-state index in [-0.39, 0.29) is 30.9 Å². The predicted molar refractivity (Wildman–Crippen MR) is 87.3 cm³/mol. The van der Waals surface area contributed by atoms with Crippen molar-refractivity contribution in [1.82, 2.24) is 4.90 Å². The van der Waals surface area contributed by atoms with Gasteiger partial charge in [-0.3, -0.25) is 9.59 Å². The molecule has 0 bridgehead atoms. The molecule has 1 aromatic carbocycles. The molecule has 0 N–H and O–H groups in total. The van der Waals surface area contributed by atoms with Crippen LogP contribution < -0.4 is 4.74 Å². The van der Waals surface area contributed by atoms with Crippen molar-refractivity contribution in [3.05, 3.63) is 29.8 Å². The summed E-state index contributed by atoms with van der Waals surface area (Å²) in [6.45, 7) is 4.63.